The van der Waals surface area contributed by atoms with Gasteiger partial charge in [0.1, 0.15) is 5.82 Å². The van der Waals surface area contributed by atoms with E-state index >= 15 is 0 Å². The van der Waals surface area contributed by atoms with Crippen LogP contribution in [-0.2, 0) is 0 Å². The van der Waals surface area contributed by atoms with Gasteiger partial charge in [0.2, 0.25) is 17.6 Å². The highest BCUT2D eigenvalue weighted by Crippen LogP contribution is 2.21. The van der Waals surface area contributed by atoms with Crippen LogP contribution in [0.2, 0.25) is 0 Å². The average molecular weight is 260 g/mol. The number of hydrogen-bond acceptors (Lipinski definition) is 6. The molecule has 0 atom stereocenters. The van der Waals surface area contributed by atoms with E-state index < -0.39 is 0 Å². The minimum Gasteiger partial charge on any atom is -0.366 e. The highest BCUT2D eigenvalue weighted by molar-refractivity contribution is 5.58. The van der Waals surface area contributed by atoms with Crippen LogP contribution in [0, 0.1) is 12.7 Å². The van der Waals surface area contributed by atoms with Gasteiger partial charge in [-0.05, 0) is 30.7 Å². The van der Waals surface area contributed by atoms with Gasteiger partial charge < -0.3 is 10.3 Å². The summed E-state index contributed by atoms with van der Waals surface area (Å²) in [6.45, 7) is 1.66. The van der Waals surface area contributed by atoms with E-state index in [1.807, 2.05) is 0 Å². The highest BCUT2D eigenvalue weighted by Gasteiger charge is 2.14. The van der Waals surface area contributed by atoms with Gasteiger partial charge in [0, 0.05) is 5.56 Å². The molecular weight excluding hydrogens is 251 g/mol. The first kappa shape index (κ1) is 11.3. The number of anilines is 1. The van der Waals surface area contributed by atoms with Gasteiger partial charge in [-0.1, -0.05) is 5.16 Å². The van der Waals surface area contributed by atoms with Crippen LogP contribution in [0.25, 0.3) is 23.1 Å². The minimum atomic E-state index is -0.282. The molecule has 19 heavy (non-hydrogen) atoms. The number of nitrogens with one attached hydrogen (secondary N) is 1. The Hall–Kier alpha value is -2.77. The number of aryl methyl sites for hydroxylation is 1. The molecule has 3 aromatic rings. The molecular formula is C11H9FN6O. The molecule has 3 rings (SSSR count). The van der Waals surface area contributed by atoms with Crippen molar-refractivity contribution in [2.24, 2.45) is 0 Å². The monoisotopic (exact) mass is 260 g/mol. The van der Waals surface area contributed by atoms with Crippen LogP contribution in [0.15, 0.2) is 22.7 Å². The van der Waals surface area contributed by atoms with Gasteiger partial charge >= 0.3 is 0 Å². The van der Waals surface area contributed by atoms with Crippen LogP contribution in [-0.4, -0.2) is 25.3 Å². The molecule has 0 fully saturated rings. The number of nitrogens with two attached hydrogens (primary N) is 1. The third kappa shape index (κ3) is 2.03. The Morgan fingerprint density at radius 3 is 2.84 bits per heavy atom. The third-order valence-electron chi connectivity index (χ3n) is 2.55. The average Bonchev–Trinajstić information content (AvgIpc) is 3.01. The molecule has 0 saturated carbocycles. The molecule has 2 heterocycles. The molecule has 0 aliphatic carbocycles. The number of nitrogens with zero attached hydrogens (tertiary/aromatic N) is 4. The SMILES string of the molecule is Cc1cc(-c2noc(-c3nc(N)n[nH]3)n2)ccc1F. The van der Waals surface area contributed by atoms with E-state index in [1.165, 1.54) is 6.07 Å². The molecule has 0 aliphatic rings. The number of nitrogen functional groups attached to an aromatic ring is 1. The fraction of sp³-hybridized carbons (Fsp3) is 0.0909. The Kier molecular flexibility index (Phi) is 2.48. The summed E-state index contributed by atoms with van der Waals surface area (Å²) in [7, 11) is 0. The van der Waals surface area contributed by atoms with Crippen molar-refractivity contribution in [2.75, 3.05) is 5.73 Å². The van der Waals surface area contributed by atoms with Gasteiger partial charge in [0.25, 0.3) is 5.89 Å². The molecule has 1 aromatic carbocycles. The lowest BCUT2D eigenvalue weighted by molar-refractivity contribution is 0.429. The van der Waals surface area contributed by atoms with Crippen LogP contribution in [0.1, 0.15) is 5.56 Å². The first-order valence-electron chi connectivity index (χ1n) is 5.42. The van der Waals surface area contributed by atoms with E-state index in [1.54, 1.807) is 19.1 Å². The molecule has 7 nitrogen and oxygen atoms in total. The van der Waals surface area contributed by atoms with E-state index in [0.717, 1.165) is 0 Å². The summed E-state index contributed by atoms with van der Waals surface area (Å²) >= 11 is 0. The number of rotatable bonds is 2. The molecule has 0 radical (unpaired) electrons. The standard InChI is InChI=1S/C11H9FN6O/c1-5-4-6(2-3-7(5)12)8-14-10(19-18-8)9-15-11(13)17-16-9/h2-4H,1H3,(H3,13,15,16,17). The second-order valence-corrected chi connectivity index (χ2v) is 3.93. The maximum Gasteiger partial charge on any atom is 0.295 e. The Labute approximate surface area is 106 Å². The molecule has 96 valence electrons. The van der Waals surface area contributed by atoms with Crippen molar-refractivity contribution in [3.63, 3.8) is 0 Å². The molecule has 0 aliphatic heterocycles. The van der Waals surface area contributed by atoms with Gasteiger partial charge in [-0.15, -0.1) is 5.10 Å². The van der Waals surface area contributed by atoms with Crippen LogP contribution in [0.4, 0.5) is 10.3 Å². The lowest BCUT2D eigenvalue weighted by atomic mass is 10.1. The second kappa shape index (κ2) is 4.16. The smallest absolute Gasteiger partial charge is 0.295 e. The fourth-order valence-corrected chi connectivity index (χ4v) is 1.59. The summed E-state index contributed by atoms with van der Waals surface area (Å²) in [4.78, 5) is 8.02. The number of aromatic nitrogens is 5. The van der Waals surface area contributed by atoms with Crippen molar-refractivity contribution < 1.29 is 8.91 Å². The Balaban J connectivity index is 1.98. The van der Waals surface area contributed by atoms with Crippen molar-refractivity contribution in [3.05, 3.63) is 29.6 Å². The van der Waals surface area contributed by atoms with Gasteiger partial charge in [-0.25, -0.2) is 4.39 Å². The summed E-state index contributed by atoms with van der Waals surface area (Å²) in [5.74, 6) is 0.604. The minimum absolute atomic E-state index is 0.0902. The van der Waals surface area contributed by atoms with E-state index in [4.69, 9.17) is 10.3 Å². The second-order valence-electron chi connectivity index (χ2n) is 3.93. The van der Waals surface area contributed by atoms with E-state index in [9.17, 15) is 4.39 Å². The largest absolute Gasteiger partial charge is 0.366 e. The van der Waals surface area contributed by atoms with Gasteiger partial charge in [0.05, 0.1) is 0 Å². The van der Waals surface area contributed by atoms with Gasteiger partial charge in [0.15, 0.2) is 0 Å². The molecule has 0 bridgehead atoms. The summed E-state index contributed by atoms with van der Waals surface area (Å²) in [6.07, 6.45) is 0. The third-order valence-corrected chi connectivity index (χ3v) is 2.55. The van der Waals surface area contributed by atoms with Crippen LogP contribution in [0.5, 0.6) is 0 Å². The van der Waals surface area contributed by atoms with Gasteiger partial charge in [-0.3, -0.25) is 5.10 Å². The molecule has 2 aromatic heterocycles. The summed E-state index contributed by atoms with van der Waals surface area (Å²) in [5.41, 5.74) is 6.55. The number of hydrogen-bond donors (Lipinski definition) is 2. The lowest BCUT2D eigenvalue weighted by Gasteiger charge is -1.97. The molecule has 3 N–H and O–H groups in total. The topological polar surface area (TPSA) is 107 Å². The number of H-pyrrole nitrogens is 1. The maximum absolute atomic E-state index is 13.2. The zero-order valence-corrected chi connectivity index (χ0v) is 9.88. The lowest BCUT2D eigenvalue weighted by Crippen LogP contribution is -1.87. The summed E-state index contributed by atoms with van der Waals surface area (Å²) in [6, 6.07) is 4.57. The van der Waals surface area contributed by atoms with Crippen molar-refractivity contribution >= 4 is 5.95 Å². The van der Waals surface area contributed by atoms with Crippen LogP contribution in [0.3, 0.4) is 0 Å². The fourth-order valence-electron chi connectivity index (χ4n) is 1.59. The molecule has 0 saturated heterocycles. The summed E-state index contributed by atoms with van der Waals surface area (Å²) in [5, 5.41) is 10.0. The Morgan fingerprint density at radius 2 is 2.16 bits per heavy atom. The zero-order valence-electron chi connectivity index (χ0n) is 9.88. The van der Waals surface area contributed by atoms with Crippen LogP contribution >= 0.6 is 0 Å². The molecule has 8 heteroatoms. The molecule has 0 spiro atoms. The maximum atomic E-state index is 13.2. The normalized spacial score (nSPS) is 10.8. The van der Waals surface area contributed by atoms with Crippen LogP contribution < -0.4 is 5.73 Å². The first-order chi connectivity index (χ1) is 9.13. The van der Waals surface area contributed by atoms with Crippen molar-refractivity contribution in [2.45, 2.75) is 6.92 Å². The predicted octanol–water partition coefficient (Wildman–Crippen LogP) is 1.55. The predicted molar refractivity (Wildman–Crippen MR) is 64.2 cm³/mol. The quantitative estimate of drug-likeness (QED) is 0.724. The van der Waals surface area contributed by atoms with Crippen molar-refractivity contribution in [1.82, 2.24) is 25.3 Å². The van der Waals surface area contributed by atoms with Crippen molar-refractivity contribution in [3.8, 4) is 23.1 Å². The highest BCUT2D eigenvalue weighted by atomic mass is 19.1. The number of halogens is 1. The molecule has 0 amide bonds. The van der Waals surface area contributed by atoms with Gasteiger partial charge in [-0.2, -0.15) is 9.97 Å². The summed E-state index contributed by atoms with van der Waals surface area (Å²) < 4.78 is 18.2. The van der Waals surface area contributed by atoms with Crippen molar-refractivity contribution in [1.29, 1.82) is 0 Å². The van der Waals surface area contributed by atoms with E-state index in [2.05, 4.69) is 25.3 Å². The number of aromatic amines is 1. The Bertz CT molecular complexity index is 734. The zero-order chi connectivity index (χ0) is 13.4. The molecule has 0 unspecified atom stereocenters. The Morgan fingerprint density at radius 1 is 1.32 bits per heavy atom. The number of benzene rings is 1. The first-order valence-corrected chi connectivity index (χ1v) is 5.42. The van der Waals surface area contributed by atoms with E-state index in [0.29, 0.717) is 17.0 Å². The van der Waals surface area contributed by atoms with E-state index in [-0.39, 0.29) is 23.5 Å².